The molecule has 5 heteroatoms. The van der Waals surface area contributed by atoms with Gasteiger partial charge in [0.25, 0.3) is 0 Å². The molecule has 0 saturated heterocycles. The number of likely N-dealkylation sites (N-methyl/N-ethyl adjacent to an activating group) is 1. The van der Waals surface area contributed by atoms with E-state index in [1.807, 2.05) is 18.2 Å². The van der Waals surface area contributed by atoms with Gasteiger partial charge in [-0.05, 0) is 44.5 Å². The maximum absolute atomic E-state index is 6.10. The van der Waals surface area contributed by atoms with Crippen LogP contribution in [0.25, 0.3) is 0 Å². The summed E-state index contributed by atoms with van der Waals surface area (Å²) in [5.41, 5.74) is 2.33. The molecule has 0 aliphatic carbocycles. The van der Waals surface area contributed by atoms with E-state index < -0.39 is 0 Å². The molecule has 0 amide bonds. The maximum Gasteiger partial charge on any atom is 0.0946 e. The van der Waals surface area contributed by atoms with Gasteiger partial charge < -0.3 is 5.32 Å². The lowest BCUT2D eigenvalue weighted by atomic mass is 10.0. The lowest BCUT2D eigenvalue weighted by Crippen LogP contribution is -2.33. The Morgan fingerprint density at radius 1 is 1.19 bits per heavy atom. The minimum Gasteiger partial charge on any atom is -0.314 e. The van der Waals surface area contributed by atoms with Crippen LogP contribution in [0.2, 0.25) is 10.0 Å². The van der Waals surface area contributed by atoms with Crippen molar-refractivity contribution in [3.05, 3.63) is 49.4 Å². The van der Waals surface area contributed by atoms with Crippen molar-refractivity contribution in [1.29, 1.82) is 0 Å². The number of aromatic nitrogens is 1. The molecule has 1 N–H and O–H groups in total. The van der Waals surface area contributed by atoms with E-state index >= 15 is 0 Å². The van der Waals surface area contributed by atoms with Gasteiger partial charge in [0.2, 0.25) is 0 Å². The van der Waals surface area contributed by atoms with Gasteiger partial charge in [-0.25, -0.2) is 4.98 Å². The summed E-state index contributed by atoms with van der Waals surface area (Å²) in [7, 11) is 0. The van der Waals surface area contributed by atoms with Crippen molar-refractivity contribution >= 4 is 34.5 Å². The third-order valence-corrected chi connectivity index (χ3v) is 5.29. The Labute approximate surface area is 140 Å². The number of nitrogens with one attached hydrogen (secondary N) is 1. The molecule has 1 heterocycles. The first-order chi connectivity index (χ1) is 9.99. The van der Waals surface area contributed by atoms with Gasteiger partial charge in [-0.15, -0.1) is 11.3 Å². The normalized spacial score (nSPS) is 12.6. The minimum atomic E-state index is 0.359. The third-order valence-electron chi connectivity index (χ3n) is 3.45. The fourth-order valence-corrected chi connectivity index (χ4v) is 3.63. The van der Waals surface area contributed by atoms with E-state index in [2.05, 4.69) is 31.1 Å². The van der Waals surface area contributed by atoms with Gasteiger partial charge in [0.15, 0.2) is 0 Å². The highest BCUT2D eigenvalue weighted by Gasteiger charge is 2.13. The van der Waals surface area contributed by atoms with Gasteiger partial charge in [-0.3, -0.25) is 0 Å². The van der Waals surface area contributed by atoms with E-state index in [1.165, 1.54) is 15.4 Å². The van der Waals surface area contributed by atoms with Crippen molar-refractivity contribution in [2.24, 2.45) is 0 Å². The van der Waals surface area contributed by atoms with Gasteiger partial charge >= 0.3 is 0 Å². The molecule has 2 nitrogen and oxygen atoms in total. The molecule has 0 aliphatic heterocycles. The Morgan fingerprint density at radius 3 is 2.52 bits per heavy atom. The number of nitrogens with zero attached hydrogens (tertiary/aromatic N) is 1. The Kier molecular flexibility index (Phi) is 6.06. The van der Waals surface area contributed by atoms with Crippen molar-refractivity contribution in [3.63, 3.8) is 0 Å². The monoisotopic (exact) mass is 342 g/mol. The smallest absolute Gasteiger partial charge is 0.0946 e. The van der Waals surface area contributed by atoms with Crippen LogP contribution in [0.3, 0.4) is 0 Å². The Hall–Kier alpha value is -0.610. The average Bonchev–Trinajstić information content (AvgIpc) is 2.73. The highest BCUT2D eigenvalue weighted by molar-refractivity contribution is 7.11. The summed E-state index contributed by atoms with van der Waals surface area (Å²) in [4.78, 5) is 5.94. The van der Waals surface area contributed by atoms with Crippen molar-refractivity contribution in [2.75, 3.05) is 6.54 Å². The van der Waals surface area contributed by atoms with Crippen LogP contribution in [0, 0.1) is 13.8 Å². The van der Waals surface area contributed by atoms with Crippen LogP contribution in [-0.4, -0.2) is 17.6 Å². The van der Waals surface area contributed by atoms with E-state index in [0.717, 1.165) is 25.1 Å². The molecular weight excluding hydrogens is 323 g/mol. The molecular formula is C16H20Cl2N2S. The number of benzene rings is 1. The summed E-state index contributed by atoms with van der Waals surface area (Å²) in [5, 5.41) is 5.94. The molecule has 1 atom stereocenters. The van der Waals surface area contributed by atoms with E-state index in [4.69, 9.17) is 23.2 Å². The highest BCUT2D eigenvalue weighted by atomic mass is 35.5. The molecule has 2 rings (SSSR count). The van der Waals surface area contributed by atoms with Crippen LogP contribution in [-0.2, 0) is 12.8 Å². The standard InChI is InChI=1S/C16H20Cl2N2S/c1-4-19-13(9-16-20-10(2)11(3)21-16)7-12-5-6-14(17)15(18)8-12/h5-6,8,13,19H,4,7,9H2,1-3H3. The molecule has 0 aliphatic rings. The second-order valence-corrected chi connectivity index (χ2v) is 7.26. The summed E-state index contributed by atoms with van der Waals surface area (Å²) in [6, 6.07) is 6.21. The number of rotatable bonds is 6. The van der Waals surface area contributed by atoms with E-state index in [-0.39, 0.29) is 0 Å². The first-order valence-corrected chi connectivity index (χ1v) is 8.67. The SMILES string of the molecule is CCNC(Cc1ccc(Cl)c(Cl)c1)Cc1nc(C)c(C)s1. The fourth-order valence-electron chi connectivity index (χ4n) is 2.29. The fraction of sp³-hybridized carbons (Fsp3) is 0.438. The molecule has 0 bridgehead atoms. The molecule has 0 radical (unpaired) electrons. The predicted molar refractivity (Wildman–Crippen MR) is 92.9 cm³/mol. The Balaban J connectivity index is 2.09. The first kappa shape index (κ1) is 16.8. The lowest BCUT2D eigenvalue weighted by Gasteiger charge is -2.17. The molecule has 21 heavy (non-hydrogen) atoms. The van der Waals surface area contributed by atoms with Crippen LogP contribution < -0.4 is 5.32 Å². The van der Waals surface area contributed by atoms with Crippen LogP contribution in [0.1, 0.15) is 28.1 Å². The van der Waals surface area contributed by atoms with Crippen molar-refractivity contribution in [3.8, 4) is 0 Å². The van der Waals surface area contributed by atoms with E-state index in [1.54, 1.807) is 11.3 Å². The van der Waals surface area contributed by atoms with Crippen LogP contribution in [0.15, 0.2) is 18.2 Å². The molecule has 0 fully saturated rings. The maximum atomic E-state index is 6.10. The molecule has 2 aromatic rings. The zero-order valence-electron chi connectivity index (χ0n) is 12.5. The van der Waals surface area contributed by atoms with Gasteiger partial charge in [0, 0.05) is 17.3 Å². The second-order valence-electron chi connectivity index (χ2n) is 5.16. The quantitative estimate of drug-likeness (QED) is 0.813. The van der Waals surface area contributed by atoms with Crippen LogP contribution in [0.4, 0.5) is 0 Å². The molecule has 0 spiro atoms. The first-order valence-electron chi connectivity index (χ1n) is 7.09. The zero-order chi connectivity index (χ0) is 15.4. The number of hydrogen-bond acceptors (Lipinski definition) is 3. The summed E-state index contributed by atoms with van der Waals surface area (Å²) in [5.74, 6) is 0. The van der Waals surface area contributed by atoms with Gasteiger partial charge in [-0.1, -0.05) is 36.2 Å². The zero-order valence-corrected chi connectivity index (χ0v) is 14.9. The van der Waals surface area contributed by atoms with Crippen molar-refractivity contribution < 1.29 is 0 Å². The topological polar surface area (TPSA) is 24.9 Å². The number of thiazole rings is 1. The van der Waals surface area contributed by atoms with E-state index in [9.17, 15) is 0 Å². The molecule has 1 unspecified atom stereocenters. The van der Waals surface area contributed by atoms with Gasteiger partial charge in [0.1, 0.15) is 0 Å². The highest BCUT2D eigenvalue weighted by Crippen LogP contribution is 2.24. The largest absolute Gasteiger partial charge is 0.314 e. The molecule has 0 saturated carbocycles. The summed E-state index contributed by atoms with van der Waals surface area (Å²) >= 11 is 13.9. The van der Waals surface area contributed by atoms with Gasteiger partial charge in [-0.2, -0.15) is 0 Å². The van der Waals surface area contributed by atoms with Crippen LogP contribution >= 0.6 is 34.5 Å². The molecule has 1 aromatic heterocycles. The van der Waals surface area contributed by atoms with Gasteiger partial charge in [0.05, 0.1) is 20.7 Å². The summed E-state index contributed by atoms with van der Waals surface area (Å²) in [6.45, 7) is 7.25. The number of hydrogen-bond donors (Lipinski definition) is 1. The Morgan fingerprint density at radius 2 is 1.95 bits per heavy atom. The third kappa shape index (κ3) is 4.68. The van der Waals surface area contributed by atoms with E-state index in [0.29, 0.717) is 16.1 Å². The number of halogens is 2. The lowest BCUT2D eigenvalue weighted by molar-refractivity contribution is 0.520. The molecule has 114 valence electrons. The second kappa shape index (κ2) is 7.59. The Bertz CT molecular complexity index is 591. The molecule has 1 aromatic carbocycles. The average molecular weight is 343 g/mol. The minimum absolute atomic E-state index is 0.359. The van der Waals surface area contributed by atoms with Crippen LogP contribution in [0.5, 0.6) is 0 Å². The van der Waals surface area contributed by atoms with Crippen molar-refractivity contribution in [1.82, 2.24) is 10.3 Å². The summed E-state index contributed by atoms with van der Waals surface area (Å²) < 4.78 is 0. The summed E-state index contributed by atoms with van der Waals surface area (Å²) in [6.07, 6.45) is 1.86. The predicted octanol–water partition coefficient (Wildman–Crippen LogP) is 4.83. The van der Waals surface area contributed by atoms with Crippen molar-refractivity contribution in [2.45, 2.75) is 39.7 Å². The number of aryl methyl sites for hydroxylation is 2.